The Morgan fingerprint density at radius 2 is 2.07 bits per heavy atom. The predicted molar refractivity (Wildman–Crippen MR) is 57.2 cm³/mol. The highest BCUT2D eigenvalue weighted by molar-refractivity contribution is 5.70. The highest BCUT2D eigenvalue weighted by Gasteiger charge is 2.20. The Kier molecular flexibility index (Phi) is 5.05. The van der Waals surface area contributed by atoms with Crippen LogP contribution in [0.3, 0.4) is 0 Å². The van der Waals surface area contributed by atoms with E-state index < -0.39 is 6.10 Å². The molecule has 1 aliphatic rings. The molecule has 0 saturated heterocycles. The van der Waals surface area contributed by atoms with E-state index in [1.165, 1.54) is 6.42 Å². The molecule has 2 unspecified atom stereocenters. The Labute approximate surface area is 90.8 Å². The number of carbonyl (C=O) groups excluding carboxylic acids is 1. The second-order valence-electron chi connectivity index (χ2n) is 4.38. The van der Waals surface area contributed by atoms with E-state index in [9.17, 15) is 9.90 Å². The molecule has 0 radical (unpaired) electrons. The lowest BCUT2D eigenvalue weighted by molar-refractivity contribution is -0.153. The highest BCUT2D eigenvalue weighted by Crippen LogP contribution is 2.20. The van der Waals surface area contributed by atoms with Gasteiger partial charge in [0, 0.05) is 6.04 Å². The molecule has 1 saturated carbocycles. The maximum Gasteiger partial charge on any atom is 0.308 e. The molecule has 0 aliphatic heterocycles. The maximum absolute atomic E-state index is 11.4. The molecule has 1 aliphatic carbocycles. The number of esters is 1. The molecule has 2 atom stereocenters. The first-order valence-electron chi connectivity index (χ1n) is 5.72. The average molecular weight is 215 g/mol. The third kappa shape index (κ3) is 4.62. The smallest absolute Gasteiger partial charge is 0.308 e. The topological polar surface area (TPSA) is 72.5 Å². The van der Waals surface area contributed by atoms with Crippen molar-refractivity contribution in [3.63, 3.8) is 0 Å². The molecule has 0 spiro atoms. The summed E-state index contributed by atoms with van der Waals surface area (Å²) in [6, 6.07) is -0.385. The molecule has 1 fully saturated rings. The summed E-state index contributed by atoms with van der Waals surface area (Å²) in [4.78, 5) is 11.4. The third-order valence-corrected chi connectivity index (χ3v) is 2.83. The first kappa shape index (κ1) is 12.5. The van der Waals surface area contributed by atoms with Gasteiger partial charge >= 0.3 is 5.97 Å². The predicted octanol–water partition coefficient (Wildman–Crippen LogP) is 0.960. The van der Waals surface area contributed by atoms with Gasteiger partial charge in [-0.15, -0.1) is 0 Å². The Bertz CT molecular complexity index is 200. The van der Waals surface area contributed by atoms with Crippen LogP contribution in [-0.4, -0.2) is 29.3 Å². The lowest BCUT2D eigenvalue weighted by atomic mass is 9.98. The largest absolute Gasteiger partial charge is 0.462 e. The van der Waals surface area contributed by atoms with Crippen molar-refractivity contribution in [1.82, 2.24) is 0 Å². The fraction of sp³-hybridized carbons (Fsp3) is 0.909. The first-order chi connectivity index (χ1) is 7.09. The van der Waals surface area contributed by atoms with Crippen molar-refractivity contribution in [3.05, 3.63) is 0 Å². The van der Waals surface area contributed by atoms with Crippen molar-refractivity contribution < 1.29 is 14.6 Å². The van der Waals surface area contributed by atoms with Crippen LogP contribution in [0.5, 0.6) is 0 Å². The quantitative estimate of drug-likeness (QED) is 0.685. The maximum atomic E-state index is 11.4. The van der Waals surface area contributed by atoms with E-state index in [1.807, 2.05) is 0 Å². The molecule has 1 rings (SSSR count). The van der Waals surface area contributed by atoms with Crippen LogP contribution in [0.15, 0.2) is 0 Å². The third-order valence-electron chi connectivity index (χ3n) is 2.83. The zero-order valence-corrected chi connectivity index (χ0v) is 9.32. The van der Waals surface area contributed by atoms with Gasteiger partial charge < -0.3 is 15.6 Å². The SMILES string of the molecule is CC(N)C(O)CC(=O)OC1CCCCC1. The van der Waals surface area contributed by atoms with Crippen molar-refractivity contribution >= 4 is 5.97 Å². The number of aliphatic hydroxyl groups is 1. The van der Waals surface area contributed by atoms with Crippen molar-refractivity contribution in [3.8, 4) is 0 Å². The summed E-state index contributed by atoms with van der Waals surface area (Å²) in [5.41, 5.74) is 5.46. The average Bonchev–Trinajstić information content (AvgIpc) is 2.18. The van der Waals surface area contributed by atoms with E-state index in [2.05, 4.69) is 0 Å². The second kappa shape index (κ2) is 6.08. The van der Waals surface area contributed by atoms with E-state index in [0.29, 0.717) is 0 Å². The number of aliphatic hydroxyl groups excluding tert-OH is 1. The van der Waals surface area contributed by atoms with Crippen molar-refractivity contribution in [2.45, 2.75) is 63.7 Å². The molecule has 15 heavy (non-hydrogen) atoms. The number of hydrogen-bond donors (Lipinski definition) is 2. The molecule has 0 heterocycles. The van der Waals surface area contributed by atoms with Crippen LogP contribution in [0.4, 0.5) is 0 Å². The summed E-state index contributed by atoms with van der Waals surface area (Å²) in [6.07, 6.45) is 4.69. The van der Waals surface area contributed by atoms with Gasteiger partial charge in [-0.1, -0.05) is 6.42 Å². The minimum atomic E-state index is -0.791. The number of ether oxygens (including phenoxy) is 1. The number of carbonyl (C=O) groups is 1. The van der Waals surface area contributed by atoms with Crippen LogP contribution in [0.25, 0.3) is 0 Å². The Morgan fingerprint density at radius 3 is 2.60 bits per heavy atom. The zero-order chi connectivity index (χ0) is 11.3. The van der Waals surface area contributed by atoms with Gasteiger partial charge in [0.25, 0.3) is 0 Å². The standard InChI is InChI=1S/C11H21NO3/c1-8(12)10(13)7-11(14)15-9-5-3-2-4-6-9/h8-10,13H,2-7,12H2,1H3. The first-order valence-corrected chi connectivity index (χ1v) is 5.72. The van der Waals surface area contributed by atoms with Crippen LogP contribution < -0.4 is 5.73 Å². The summed E-state index contributed by atoms with van der Waals surface area (Å²) >= 11 is 0. The summed E-state index contributed by atoms with van der Waals surface area (Å²) in [5, 5.41) is 9.40. The number of rotatable bonds is 4. The van der Waals surface area contributed by atoms with E-state index >= 15 is 0 Å². The van der Waals surface area contributed by atoms with Crippen LogP contribution in [0.1, 0.15) is 45.4 Å². The molecule has 88 valence electrons. The fourth-order valence-corrected chi connectivity index (χ4v) is 1.77. The van der Waals surface area contributed by atoms with E-state index in [1.54, 1.807) is 6.92 Å². The molecule has 3 N–H and O–H groups in total. The lowest BCUT2D eigenvalue weighted by Gasteiger charge is -2.22. The highest BCUT2D eigenvalue weighted by atomic mass is 16.5. The summed E-state index contributed by atoms with van der Waals surface area (Å²) < 4.78 is 5.26. The van der Waals surface area contributed by atoms with Crippen molar-refractivity contribution in [2.24, 2.45) is 5.73 Å². The molecule has 0 aromatic carbocycles. The molecule has 0 aromatic heterocycles. The van der Waals surface area contributed by atoms with Crippen LogP contribution in [-0.2, 0) is 9.53 Å². The number of nitrogens with two attached hydrogens (primary N) is 1. The van der Waals surface area contributed by atoms with Gasteiger partial charge in [0.2, 0.25) is 0 Å². The Hall–Kier alpha value is -0.610. The minimum absolute atomic E-state index is 0.00810. The van der Waals surface area contributed by atoms with Gasteiger partial charge in [-0.2, -0.15) is 0 Å². The zero-order valence-electron chi connectivity index (χ0n) is 9.32. The van der Waals surface area contributed by atoms with Gasteiger partial charge in [0.1, 0.15) is 6.10 Å². The second-order valence-corrected chi connectivity index (χ2v) is 4.38. The van der Waals surface area contributed by atoms with Gasteiger partial charge in [0.05, 0.1) is 12.5 Å². The summed E-state index contributed by atoms with van der Waals surface area (Å²) in [6.45, 7) is 1.68. The van der Waals surface area contributed by atoms with Crippen LogP contribution in [0, 0.1) is 0 Å². The summed E-state index contributed by atoms with van der Waals surface area (Å²) in [7, 11) is 0. The van der Waals surface area contributed by atoms with Crippen molar-refractivity contribution in [2.75, 3.05) is 0 Å². The van der Waals surface area contributed by atoms with Crippen molar-refractivity contribution in [1.29, 1.82) is 0 Å². The van der Waals surface area contributed by atoms with Crippen LogP contribution >= 0.6 is 0 Å². The van der Waals surface area contributed by atoms with E-state index in [-0.39, 0.29) is 24.5 Å². The molecular formula is C11H21NO3. The minimum Gasteiger partial charge on any atom is -0.462 e. The Balaban J connectivity index is 2.22. The molecule has 0 bridgehead atoms. The Morgan fingerprint density at radius 1 is 1.47 bits per heavy atom. The molecule has 0 amide bonds. The van der Waals surface area contributed by atoms with Gasteiger partial charge in [0.15, 0.2) is 0 Å². The molecular weight excluding hydrogens is 194 g/mol. The summed E-state index contributed by atoms with van der Waals surface area (Å²) in [5.74, 6) is -0.327. The molecule has 0 aromatic rings. The number of hydrogen-bond acceptors (Lipinski definition) is 4. The van der Waals surface area contributed by atoms with Gasteiger partial charge in [-0.05, 0) is 32.6 Å². The normalized spacial score (nSPS) is 22.1. The van der Waals surface area contributed by atoms with Crippen LogP contribution in [0.2, 0.25) is 0 Å². The monoisotopic (exact) mass is 215 g/mol. The lowest BCUT2D eigenvalue weighted by Crippen LogP contribution is -2.34. The van der Waals surface area contributed by atoms with Gasteiger partial charge in [-0.25, -0.2) is 0 Å². The van der Waals surface area contributed by atoms with E-state index in [0.717, 1.165) is 25.7 Å². The fourth-order valence-electron chi connectivity index (χ4n) is 1.77. The molecule has 4 nitrogen and oxygen atoms in total. The van der Waals surface area contributed by atoms with Gasteiger partial charge in [-0.3, -0.25) is 4.79 Å². The van der Waals surface area contributed by atoms with E-state index in [4.69, 9.17) is 10.5 Å². The molecule has 4 heteroatoms.